The van der Waals surface area contributed by atoms with Crippen LogP contribution in [0.5, 0.6) is 0 Å². The van der Waals surface area contributed by atoms with E-state index in [1.165, 1.54) is 0 Å². The zero-order valence-electron chi connectivity index (χ0n) is 6.24. The molecule has 0 aromatic carbocycles. The first kappa shape index (κ1) is 12.1. The second kappa shape index (κ2) is 6.51. The molecule has 0 aromatic rings. The van der Waals surface area contributed by atoms with Gasteiger partial charge >= 0.3 is 35.5 Å². The Kier molecular flexibility index (Phi) is 8.75. The van der Waals surface area contributed by atoms with E-state index >= 15 is 0 Å². The number of carbonyl (C=O) groups is 1. The zero-order valence-corrected chi connectivity index (χ0v) is 7.24. The molecule has 0 aromatic heterocycles. The van der Waals surface area contributed by atoms with Crippen molar-refractivity contribution in [2.75, 3.05) is 6.61 Å². The monoisotopic (exact) mass is 144 g/mol. The number of carboxylic acid groups (broad SMARTS) is 1. The summed E-state index contributed by atoms with van der Waals surface area (Å²) < 4.78 is 0. The van der Waals surface area contributed by atoms with Crippen LogP contribution in [0, 0.1) is 0 Å². The van der Waals surface area contributed by atoms with Crippen LogP contribution in [0.3, 0.4) is 0 Å². The molecule has 9 heavy (non-hydrogen) atoms. The maximum Gasteiger partial charge on any atom is 1.00 e. The summed E-state index contributed by atoms with van der Waals surface area (Å²) in [6.07, 6.45) is -1.51. The minimum Gasteiger partial charge on any atom is -1.00 e. The van der Waals surface area contributed by atoms with E-state index in [1.54, 1.807) is 0 Å². The number of aliphatic carboxylic acids is 1. The van der Waals surface area contributed by atoms with Crippen LogP contribution in [0.25, 0.3) is 0 Å². The summed E-state index contributed by atoms with van der Waals surface area (Å²) in [5, 5.41) is 24.4. The molecule has 0 saturated heterocycles. The molecule has 1 atom stereocenters. The second-order valence-corrected chi connectivity index (χ2v) is 1.43. The molecule has 0 bridgehead atoms. The first-order valence-electron chi connectivity index (χ1n) is 2.17. The van der Waals surface area contributed by atoms with Gasteiger partial charge in [-0.25, -0.2) is 0 Å². The van der Waals surface area contributed by atoms with Crippen molar-refractivity contribution in [3.8, 4) is 0 Å². The van der Waals surface area contributed by atoms with E-state index in [0.717, 1.165) is 0 Å². The normalized spacial score (nSPS) is 11.8. The Hall–Kier alpha value is 0.390. The number of hydrogen-bond donors (Lipinski definition) is 3. The molecule has 0 aliphatic heterocycles. The van der Waals surface area contributed by atoms with E-state index < -0.39 is 25.1 Å². The van der Waals surface area contributed by atoms with Gasteiger partial charge in [-0.15, -0.1) is 0 Å². The third kappa shape index (κ3) is 8.39. The SMILES string of the molecule is O=C(O)C[C@H](O)CO.[H-].[Na+]. The standard InChI is InChI=1S/C4H8O4.Na.H/c5-2-3(6)1-4(7)8;;/h3,5-6H,1-2H2,(H,7,8);;/q;+1;-1/t3-;;/m0../s1. The number of carboxylic acids is 1. The van der Waals surface area contributed by atoms with E-state index in [1.807, 2.05) is 0 Å². The molecular formula is C4H9NaO4. The summed E-state index contributed by atoms with van der Waals surface area (Å²) >= 11 is 0. The molecule has 0 aliphatic carbocycles. The largest absolute Gasteiger partial charge is 1.00 e. The van der Waals surface area contributed by atoms with Crippen LogP contribution < -0.4 is 29.6 Å². The molecular weight excluding hydrogens is 135 g/mol. The fourth-order valence-electron chi connectivity index (χ4n) is 0.266. The van der Waals surface area contributed by atoms with Gasteiger partial charge < -0.3 is 16.7 Å². The summed E-state index contributed by atoms with van der Waals surface area (Å²) in [4.78, 5) is 9.70. The van der Waals surface area contributed by atoms with E-state index in [-0.39, 0.29) is 31.0 Å². The van der Waals surface area contributed by atoms with Crippen LogP contribution in [0.1, 0.15) is 7.85 Å². The third-order valence-electron chi connectivity index (χ3n) is 0.621. The topological polar surface area (TPSA) is 77.8 Å². The first-order chi connectivity index (χ1) is 3.66. The molecule has 0 aliphatic rings. The van der Waals surface area contributed by atoms with Gasteiger partial charge in [0.25, 0.3) is 0 Å². The minimum absolute atomic E-state index is 0. The molecule has 50 valence electrons. The first-order valence-corrected chi connectivity index (χ1v) is 2.17. The predicted molar refractivity (Wildman–Crippen MR) is 26.5 cm³/mol. The van der Waals surface area contributed by atoms with E-state index in [4.69, 9.17) is 15.3 Å². The van der Waals surface area contributed by atoms with Crippen molar-refractivity contribution in [3.63, 3.8) is 0 Å². The van der Waals surface area contributed by atoms with Gasteiger partial charge in [-0.3, -0.25) is 4.79 Å². The van der Waals surface area contributed by atoms with Gasteiger partial charge in [0, 0.05) is 0 Å². The van der Waals surface area contributed by atoms with Crippen molar-refractivity contribution in [2.45, 2.75) is 12.5 Å². The average Bonchev–Trinajstić information content (AvgIpc) is 1.65. The number of aliphatic hydroxyl groups is 2. The van der Waals surface area contributed by atoms with Crippen LogP contribution in [0.4, 0.5) is 0 Å². The third-order valence-corrected chi connectivity index (χ3v) is 0.621. The van der Waals surface area contributed by atoms with Gasteiger partial charge in [0.15, 0.2) is 0 Å². The van der Waals surface area contributed by atoms with Gasteiger partial charge in [-0.2, -0.15) is 0 Å². The van der Waals surface area contributed by atoms with Gasteiger partial charge in [-0.1, -0.05) is 0 Å². The van der Waals surface area contributed by atoms with E-state index in [0.29, 0.717) is 0 Å². The predicted octanol–water partition coefficient (Wildman–Crippen LogP) is -4.07. The van der Waals surface area contributed by atoms with Crippen LogP contribution in [0.2, 0.25) is 0 Å². The molecule has 0 heterocycles. The van der Waals surface area contributed by atoms with Crippen LogP contribution in [-0.4, -0.2) is 34.0 Å². The average molecular weight is 144 g/mol. The van der Waals surface area contributed by atoms with Crippen molar-refractivity contribution in [3.05, 3.63) is 0 Å². The molecule has 0 unspecified atom stereocenters. The smallest absolute Gasteiger partial charge is 1.00 e. The van der Waals surface area contributed by atoms with Crippen LogP contribution in [0.15, 0.2) is 0 Å². The Balaban J connectivity index is -0.000000245. The van der Waals surface area contributed by atoms with Gasteiger partial charge in [0.2, 0.25) is 0 Å². The zero-order chi connectivity index (χ0) is 6.57. The van der Waals surface area contributed by atoms with Crippen molar-refractivity contribution in [1.82, 2.24) is 0 Å². The Morgan fingerprint density at radius 3 is 2.22 bits per heavy atom. The van der Waals surface area contributed by atoms with Crippen molar-refractivity contribution >= 4 is 5.97 Å². The van der Waals surface area contributed by atoms with E-state index in [2.05, 4.69) is 0 Å². The minimum atomic E-state index is -1.12. The van der Waals surface area contributed by atoms with Crippen molar-refractivity contribution < 1.29 is 51.1 Å². The quantitative estimate of drug-likeness (QED) is 0.352. The Morgan fingerprint density at radius 2 is 2.11 bits per heavy atom. The fraction of sp³-hybridized carbons (Fsp3) is 0.750. The molecule has 3 N–H and O–H groups in total. The maximum absolute atomic E-state index is 9.70. The molecule has 0 radical (unpaired) electrons. The molecule has 5 heteroatoms. The Labute approximate surface area is 76.3 Å². The molecule has 4 nitrogen and oxygen atoms in total. The molecule has 0 rings (SSSR count). The van der Waals surface area contributed by atoms with Crippen LogP contribution >= 0.6 is 0 Å². The number of hydrogen-bond acceptors (Lipinski definition) is 3. The summed E-state index contributed by atoms with van der Waals surface area (Å²) in [7, 11) is 0. The summed E-state index contributed by atoms with van der Waals surface area (Å²) in [6.45, 7) is -0.494. The van der Waals surface area contributed by atoms with Gasteiger partial charge in [-0.05, 0) is 0 Å². The number of aliphatic hydroxyl groups excluding tert-OH is 2. The summed E-state index contributed by atoms with van der Waals surface area (Å²) in [6, 6.07) is 0. The Morgan fingerprint density at radius 1 is 1.67 bits per heavy atom. The maximum atomic E-state index is 9.70. The molecule has 0 spiro atoms. The van der Waals surface area contributed by atoms with Crippen LogP contribution in [-0.2, 0) is 4.79 Å². The number of rotatable bonds is 3. The van der Waals surface area contributed by atoms with Gasteiger partial charge in [0.1, 0.15) is 0 Å². The molecule has 0 amide bonds. The molecule has 0 fully saturated rings. The van der Waals surface area contributed by atoms with Crippen molar-refractivity contribution in [2.24, 2.45) is 0 Å². The summed E-state index contributed by atoms with van der Waals surface area (Å²) in [5.41, 5.74) is 0. The molecule has 0 saturated carbocycles. The second-order valence-electron chi connectivity index (χ2n) is 1.43. The fourth-order valence-corrected chi connectivity index (χ4v) is 0.266. The summed E-state index contributed by atoms with van der Waals surface area (Å²) in [5.74, 6) is -1.11. The Bertz CT molecular complexity index is 89.3. The van der Waals surface area contributed by atoms with E-state index in [9.17, 15) is 4.79 Å². The van der Waals surface area contributed by atoms with Gasteiger partial charge in [0.05, 0.1) is 19.1 Å². The van der Waals surface area contributed by atoms with Crippen molar-refractivity contribution in [1.29, 1.82) is 0 Å².